The van der Waals surface area contributed by atoms with Crippen LogP contribution in [0.3, 0.4) is 0 Å². The van der Waals surface area contributed by atoms with Crippen molar-refractivity contribution in [3.8, 4) is 0 Å². The zero-order valence-corrected chi connectivity index (χ0v) is 12.4. The molecular formula is C16H19N2NaO4. The van der Waals surface area contributed by atoms with Crippen molar-refractivity contribution in [1.29, 1.82) is 0 Å². The maximum atomic E-state index is 10.3. The number of para-hydroxylation sites is 2. The normalized spacial score (nSPS) is 8.43. The van der Waals surface area contributed by atoms with Gasteiger partial charge in [-0.2, -0.15) is 0 Å². The molecule has 0 saturated carbocycles. The van der Waals surface area contributed by atoms with Crippen molar-refractivity contribution in [2.45, 2.75) is 13.8 Å². The van der Waals surface area contributed by atoms with Crippen molar-refractivity contribution in [3.63, 3.8) is 0 Å². The van der Waals surface area contributed by atoms with Gasteiger partial charge in [-0.1, -0.05) is 36.4 Å². The Hall–Kier alpha value is -2.02. The van der Waals surface area contributed by atoms with E-state index in [1.165, 1.54) is 13.8 Å². The molecule has 23 heavy (non-hydrogen) atoms. The van der Waals surface area contributed by atoms with Crippen molar-refractivity contribution in [2.24, 2.45) is 0 Å². The third-order valence-electron chi connectivity index (χ3n) is 2.17. The molecule has 0 saturated heterocycles. The fourth-order valence-corrected chi connectivity index (χ4v) is 1.27. The number of carbonyl (C=O) groups is 2. The number of benzene rings is 2. The third kappa shape index (κ3) is 11.2. The Balaban J connectivity index is 0.000000403. The predicted molar refractivity (Wildman–Crippen MR) is 90.8 cm³/mol. The number of carbonyl (C=O) groups excluding carboxylic acids is 2. The fraction of sp³-hybridized carbons (Fsp3) is 0.125. The van der Waals surface area contributed by atoms with Gasteiger partial charge in [0.25, 0.3) is 0 Å². The van der Waals surface area contributed by atoms with Gasteiger partial charge in [-0.25, -0.2) is 11.0 Å². The summed E-state index contributed by atoms with van der Waals surface area (Å²) in [5.74, 6) is -0.706. The van der Waals surface area contributed by atoms with Gasteiger partial charge in [0.1, 0.15) is 0 Å². The molecule has 0 bridgehead atoms. The van der Waals surface area contributed by atoms with Gasteiger partial charge in [0.2, 0.25) is 0 Å². The quantitative estimate of drug-likeness (QED) is 0.664. The van der Waals surface area contributed by atoms with Crippen LogP contribution < -0.4 is 11.0 Å². The van der Waals surface area contributed by atoms with Crippen LogP contribution in [0.2, 0.25) is 0 Å². The van der Waals surface area contributed by atoms with Crippen molar-refractivity contribution in [3.05, 3.63) is 60.7 Å². The minimum absolute atomic E-state index is 0. The Morgan fingerprint density at radius 1 is 0.696 bits per heavy atom. The molecule has 0 aromatic heterocycles. The summed E-state index contributed by atoms with van der Waals surface area (Å²) in [6, 6.07) is 18.4. The number of nitrogens with one attached hydrogen (secondary N) is 2. The van der Waals surface area contributed by atoms with Crippen molar-refractivity contribution in [1.82, 2.24) is 0 Å². The molecule has 0 amide bonds. The van der Waals surface area contributed by atoms with Crippen molar-refractivity contribution in [2.75, 3.05) is 11.0 Å². The first kappa shape index (κ1) is 21.0. The van der Waals surface area contributed by atoms with E-state index < -0.39 is 0 Å². The van der Waals surface area contributed by atoms with Gasteiger partial charge in [-0.15, -0.1) is 0 Å². The van der Waals surface area contributed by atoms with Gasteiger partial charge in [-0.3, -0.25) is 9.59 Å². The maximum absolute atomic E-state index is 10.3. The number of anilines is 2. The second kappa shape index (κ2) is 12.5. The van der Waals surface area contributed by atoms with Gasteiger partial charge in [0.15, 0.2) is 0 Å². The van der Waals surface area contributed by atoms with E-state index in [-0.39, 0.29) is 41.5 Å². The molecule has 0 radical (unpaired) electrons. The van der Waals surface area contributed by atoms with Crippen molar-refractivity contribution < 1.29 is 19.3 Å². The van der Waals surface area contributed by atoms with Crippen LogP contribution in [-0.2, 0) is 19.3 Å². The topological polar surface area (TPSA) is 76.7 Å². The Kier molecular flexibility index (Phi) is 11.4. The van der Waals surface area contributed by atoms with Gasteiger partial charge >= 0.3 is 41.5 Å². The molecule has 2 N–H and O–H groups in total. The molecule has 0 unspecified atom stereocenters. The van der Waals surface area contributed by atoms with Crippen LogP contribution in [0.4, 0.5) is 11.4 Å². The first-order chi connectivity index (χ1) is 10.6. The molecule has 0 spiro atoms. The number of hydrogen-bond acceptors (Lipinski definition) is 6. The van der Waals surface area contributed by atoms with Crippen LogP contribution in [0, 0.1) is 0 Å². The van der Waals surface area contributed by atoms with E-state index >= 15 is 0 Å². The van der Waals surface area contributed by atoms with E-state index in [9.17, 15) is 9.59 Å². The predicted octanol–water partition coefficient (Wildman–Crippen LogP) is 2.50. The summed E-state index contributed by atoms with van der Waals surface area (Å²) < 4.78 is 0. The van der Waals surface area contributed by atoms with E-state index in [2.05, 4.69) is 20.6 Å². The first-order valence-corrected chi connectivity index (χ1v) is 6.55. The first-order valence-electron chi connectivity index (χ1n) is 6.55. The molecular weight excluding hydrogens is 307 g/mol. The van der Waals surface area contributed by atoms with Gasteiger partial charge in [0.05, 0.1) is 11.4 Å². The fourth-order valence-electron chi connectivity index (χ4n) is 1.27. The Morgan fingerprint density at radius 3 is 1.26 bits per heavy atom. The summed E-state index contributed by atoms with van der Waals surface area (Å²) >= 11 is 0. The molecule has 0 atom stereocenters. The summed E-state index contributed by atoms with van der Waals surface area (Å²) in [6.07, 6.45) is 0. The second-order valence-electron chi connectivity index (χ2n) is 4.12. The average molecular weight is 326 g/mol. The standard InChI is InChI=1S/2C8H9NO2.Na.H/c2*1-7(10)11-9-8-5-3-2-4-6-8;;/h2*2-6,9H,1H3;;. The molecule has 0 fully saturated rings. The zero-order valence-electron chi connectivity index (χ0n) is 12.4. The Bertz CT molecular complexity index is 526. The van der Waals surface area contributed by atoms with Crippen LogP contribution in [-0.4, -0.2) is 41.5 Å². The Labute approximate surface area is 157 Å². The molecule has 0 heterocycles. The molecule has 6 nitrogen and oxygen atoms in total. The van der Waals surface area contributed by atoms with E-state index in [4.69, 9.17) is 0 Å². The molecule has 0 aliphatic carbocycles. The van der Waals surface area contributed by atoms with E-state index in [1.807, 2.05) is 60.7 Å². The molecule has 0 aliphatic rings. The summed E-state index contributed by atoms with van der Waals surface area (Å²) in [5, 5.41) is 0. The van der Waals surface area contributed by atoms with E-state index in [1.54, 1.807) is 0 Å². The second-order valence-corrected chi connectivity index (χ2v) is 4.12. The minimum atomic E-state index is -0.353. The molecule has 2 rings (SSSR count). The van der Waals surface area contributed by atoms with Gasteiger partial charge in [-0.05, 0) is 24.3 Å². The average Bonchev–Trinajstić information content (AvgIpc) is 2.53. The number of hydrogen-bond donors (Lipinski definition) is 2. The molecule has 118 valence electrons. The van der Waals surface area contributed by atoms with E-state index in [0.717, 1.165) is 11.4 Å². The Morgan fingerprint density at radius 2 is 1.00 bits per heavy atom. The third-order valence-corrected chi connectivity index (χ3v) is 2.17. The SMILES string of the molecule is CC(=O)ONc1ccccc1.CC(=O)ONc1ccccc1.[NaH]. The van der Waals surface area contributed by atoms with Crippen LogP contribution in [0.15, 0.2) is 60.7 Å². The summed E-state index contributed by atoms with van der Waals surface area (Å²) in [4.78, 5) is 29.7. The van der Waals surface area contributed by atoms with Crippen LogP contribution >= 0.6 is 0 Å². The molecule has 2 aromatic rings. The summed E-state index contributed by atoms with van der Waals surface area (Å²) in [7, 11) is 0. The van der Waals surface area contributed by atoms with Crippen LogP contribution in [0.1, 0.15) is 13.8 Å². The van der Waals surface area contributed by atoms with Gasteiger partial charge in [0, 0.05) is 13.8 Å². The summed E-state index contributed by atoms with van der Waals surface area (Å²) in [5.41, 5.74) is 6.52. The monoisotopic (exact) mass is 326 g/mol. The zero-order chi connectivity index (χ0) is 16.2. The number of rotatable bonds is 4. The van der Waals surface area contributed by atoms with Gasteiger partial charge < -0.3 is 9.68 Å². The molecule has 0 aliphatic heterocycles. The molecule has 7 heteroatoms. The molecule has 2 aromatic carbocycles. The van der Waals surface area contributed by atoms with Crippen LogP contribution in [0.25, 0.3) is 0 Å². The van der Waals surface area contributed by atoms with Crippen molar-refractivity contribution >= 4 is 52.9 Å². The summed E-state index contributed by atoms with van der Waals surface area (Å²) in [6.45, 7) is 2.69. The van der Waals surface area contributed by atoms with E-state index in [0.29, 0.717) is 0 Å². The van der Waals surface area contributed by atoms with Crippen LogP contribution in [0.5, 0.6) is 0 Å².